The van der Waals surface area contributed by atoms with Gasteiger partial charge < -0.3 is 14.5 Å². The maximum Gasteiger partial charge on any atom is 0.295 e. The second-order valence-electron chi connectivity index (χ2n) is 5.53. The van der Waals surface area contributed by atoms with E-state index in [1.165, 1.54) is 19.3 Å². The monoisotopic (exact) mass is 258 g/mol. The Hall–Kier alpha value is -1.55. The van der Waals surface area contributed by atoms with Crippen LogP contribution in [0.2, 0.25) is 0 Å². The number of para-hydroxylation sites is 2. The number of anilines is 1. The van der Waals surface area contributed by atoms with Gasteiger partial charge in [0, 0.05) is 18.6 Å². The number of hydrogen-bond donors (Lipinski definition) is 1. The number of nitrogens with one attached hydrogen (secondary N) is 1. The maximum absolute atomic E-state index is 5.79. The molecule has 4 heteroatoms. The molecule has 1 aromatic carbocycles. The molecule has 1 aliphatic heterocycles. The van der Waals surface area contributed by atoms with Crippen molar-refractivity contribution in [2.45, 2.75) is 37.8 Å². The van der Waals surface area contributed by atoms with Gasteiger partial charge >= 0.3 is 0 Å². The second-order valence-corrected chi connectivity index (χ2v) is 5.53. The lowest BCUT2D eigenvalue weighted by Gasteiger charge is -2.32. The summed E-state index contributed by atoms with van der Waals surface area (Å²) >= 11 is 0. The molecule has 2 aliphatic rings. The number of hydrogen-bond acceptors (Lipinski definition) is 4. The van der Waals surface area contributed by atoms with Gasteiger partial charge in [-0.15, -0.1) is 0 Å². The summed E-state index contributed by atoms with van der Waals surface area (Å²) in [6.07, 6.45) is 5.21. The van der Waals surface area contributed by atoms with Gasteiger partial charge in [0.2, 0.25) is 0 Å². The van der Waals surface area contributed by atoms with Gasteiger partial charge in [-0.05, 0) is 37.8 Å². The summed E-state index contributed by atoms with van der Waals surface area (Å²) in [5.41, 5.74) is 1.76. The van der Waals surface area contributed by atoms with Gasteiger partial charge in [0.05, 0.1) is 6.10 Å². The summed E-state index contributed by atoms with van der Waals surface area (Å²) in [4.78, 5) is 4.50. The van der Waals surface area contributed by atoms with Crippen LogP contribution >= 0.6 is 0 Å². The van der Waals surface area contributed by atoms with E-state index in [1.807, 2.05) is 24.3 Å². The zero-order valence-electron chi connectivity index (χ0n) is 10.8. The number of rotatable bonds is 2. The fraction of sp³-hybridized carbons (Fsp3) is 0.533. The summed E-state index contributed by atoms with van der Waals surface area (Å²) in [6, 6.07) is 8.98. The third-order valence-corrected chi connectivity index (χ3v) is 4.38. The normalized spacial score (nSPS) is 30.4. The van der Waals surface area contributed by atoms with Crippen LogP contribution in [0.5, 0.6) is 0 Å². The Morgan fingerprint density at radius 1 is 1.16 bits per heavy atom. The third kappa shape index (κ3) is 2.00. The fourth-order valence-electron chi connectivity index (χ4n) is 3.45. The Morgan fingerprint density at radius 2 is 2.11 bits per heavy atom. The molecule has 0 radical (unpaired) electrons. The van der Waals surface area contributed by atoms with E-state index in [0.717, 1.165) is 24.1 Å². The molecule has 100 valence electrons. The molecular weight excluding hydrogens is 240 g/mol. The van der Waals surface area contributed by atoms with E-state index in [2.05, 4.69) is 10.3 Å². The quantitative estimate of drug-likeness (QED) is 0.898. The summed E-state index contributed by atoms with van der Waals surface area (Å²) in [6.45, 7) is 0.904. The molecule has 0 bridgehead atoms. The molecule has 4 rings (SSSR count). The summed E-state index contributed by atoms with van der Waals surface area (Å²) in [5.74, 6) is 0.615. The Labute approximate surface area is 112 Å². The lowest BCUT2D eigenvalue weighted by molar-refractivity contribution is 0.0617. The first-order valence-corrected chi connectivity index (χ1v) is 7.14. The number of oxazole rings is 1. The van der Waals surface area contributed by atoms with Crippen molar-refractivity contribution in [1.82, 2.24) is 4.98 Å². The van der Waals surface area contributed by atoms with Crippen LogP contribution in [0.15, 0.2) is 28.7 Å². The van der Waals surface area contributed by atoms with Crippen LogP contribution in [-0.2, 0) is 4.74 Å². The van der Waals surface area contributed by atoms with Gasteiger partial charge in [-0.3, -0.25) is 0 Å². The Balaban J connectivity index is 1.56. The molecule has 2 fully saturated rings. The average molecular weight is 258 g/mol. The molecule has 1 aliphatic carbocycles. The molecule has 0 spiro atoms. The van der Waals surface area contributed by atoms with E-state index < -0.39 is 0 Å². The zero-order valence-corrected chi connectivity index (χ0v) is 10.8. The molecule has 0 amide bonds. The molecule has 3 unspecified atom stereocenters. The standard InChI is InChI=1S/C15H18N2O2/c1-2-6-14-12(4-1)17-15(19-14)16-11-5-3-7-13-10(11)8-9-18-13/h1-2,4,6,10-11,13H,3,5,7-9H2,(H,16,17). The number of benzene rings is 1. The van der Waals surface area contributed by atoms with E-state index in [0.29, 0.717) is 24.1 Å². The highest BCUT2D eigenvalue weighted by Gasteiger charge is 2.38. The smallest absolute Gasteiger partial charge is 0.295 e. The molecule has 4 nitrogen and oxygen atoms in total. The Bertz CT molecular complexity index is 547. The lowest BCUT2D eigenvalue weighted by Crippen LogP contribution is -2.38. The van der Waals surface area contributed by atoms with E-state index in [9.17, 15) is 0 Å². The molecule has 2 aromatic rings. The summed E-state index contributed by atoms with van der Waals surface area (Å²) in [7, 11) is 0. The molecule has 1 saturated heterocycles. The highest BCUT2D eigenvalue weighted by Crippen LogP contribution is 2.36. The molecule has 1 N–H and O–H groups in total. The minimum atomic E-state index is 0.439. The first kappa shape index (κ1) is 11.3. The van der Waals surface area contributed by atoms with E-state index in [4.69, 9.17) is 9.15 Å². The molecular formula is C15H18N2O2. The highest BCUT2D eigenvalue weighted by atomic mass is 16.5. The van der Waals surface area contributed by atoms with Gasteiger partial charge in [-0.1, -0.05) is 12.1 Å². The molecule has 19 heavy (non-hydrogen) atoms. The van der Waals surface area contributed by atoms with Crippen LogP contribution in [0.1, 0.15) is 25.7 Å². The van der Waals surface area contributed by atoms with E-state index in [-0.39, 0.29) is 0 Å². The van der Waals surface area contributed by atoms with Crippen LogP contribution in [0.3, 0.4) is 0 Å². The van der Waals surface area contributed by atoms with Crippen molar-refractivity contribution in [3.05, 3.63) is 24.3 Å². The van der Waals surface area contributed by atoms with Crippen molar-refractivity contribution in [2.75, 3.05) is 11.9 Å². The highest BCUT2D eigenvalue weighted by molar-refractivity contribution is 5.74. The number of nitrogens with zero attached hydrogens (tertiary/aromatic N) is 1. The number of fused-ring (bicyclic) bond motifs is 2. The molecule has 2 heterocycles. The van der Waals surface area contributed by atoms with Gasteiger partial charge in [-0.25, -0.2) is 0 Å². The molecule has 3 atom stereocenters. The average Bonchev–Trinajstić information content (AvgIpc) is 3.04. The van der Waals surface area contributed by atoms with Crippen LogP contribution in [-0.4, -0.2) is 23.7 Å². The van der Waals surface area contributed by atoms with E-state index in [1.54, 1.807) is 0 Å². The van der Waals surface area contributed by atoms with Crippen LogP contribution in [0.4, 0.5) is 6.01 Å². The Kier molecular flexibility index (Phi) is 2.69. The maximum atomic E-state index is 5.79. The van der Waals surface area contributed by atoms with Crippen LogP contribution in [0.25, 0.3) is 11.1 Å². The van der Waals surface area contributed by atoms with Gasteiger partial charge in [0.25, 0.3) is 6.01 Å². The Morgan fingerprint density at radius 3 is 3.05 bits per heavy atom. The van der Waals surface area contributed by atoms with Crippen molar-refractivity contribution >= 4 is 17.1 Å². The van der Waals surface area contributed by atoms with E-state index >= 15 is 0 Å². The molecule has 1 aromatic heterocycles. The topological polar surface area (TPSA) is 47.3 Å². The SMILES string of the molecule is c1ccc2oc(NC3CCCC4OCCC34)nc2c1. The lowest BCUT2D eigenvalue weighted by atomic mass is 9.82. The van der Waals surface area contributed by atoms with Crippen molar-refractivity contribution in [2.24, 2.45) is 5.92 Å². The van der Waals surface area contributed by atoms with Crippen molar-refractivity contribution in [3.63, 3.8) is 0 Å². The number of aromatic nitrogens is 1. The predicted molar refractivity (Wildman–Crippen MR) is 73.1 cm³/mol. The van der Waals surface area contributed by atoms with Gasteiger partial charge in [0.15, 0.2) is 5.58 Å². The summed E-state index contributed by atoms with van der Waals surface area (Å²) in [5, 5.41) is 3.48. The van der Waals surface area contributed by atoms with Crippen molar-refractivity contribution < 1.29 is 9.15 Å². The van der Waals surface area contributed by atoms with Crippen LogP contribution in [0, 0.1) is 5.92 Å². The fourth-order valence-corrected chi connectivity index (χ4v) is 3.45. The zero-order chi connectivity index (χ0) is 12.7. The predicted octanol–water partition coefficient (Wildman–Crippen LogP) is 3.20. The number of ether oxygens (including phenoxy) is 1. The van der Waals surface area contributed by atoms with Crippen molar-refractivity contribution in [3.8, 4) is 0 Å². The largest absolute Gasteiger partial charge is 0.424 e. The minimum absolute atomic E-state index is 0.439. The first-order valence-electron chi connectivity index (χ1n) is 7.14. The van der Waals surface area contributed by atoms with Gasteiger partial charge in [0.1, 0.15) is 5.52 Å². The molecule has 1 saturated carbocycles. The summed E-state index contributed by atoms with van der Waals surface area (Å²) < 4.78 is 11.5. The van der Waals surface area contributed by atoms with Crippen molar-refractivity contribution in [1.29, 1.82) is 0 Å². The third-order valence-electron chi connectivity index (χ3n) is 4.38. The minimum Gasteiger partial charge on any atom is -0.424 e. The van der Waals surface area contributed by atoms with Crippen LogP contribution < -0.4 is 5.32 Å². The second kappa shape index (κ2) is 4.53. The first-order chi connectivity index (χ1) is 9.40. The van der Waals surface area contributed by atoms with Gasteiger partial charge in [-0.2, -0.15) is 4.98 Å².